The van der Waals surface area contributed by atoms with Gasteiger partial charge in [-0.25, -0.2) is 4.98 Å². The number of likely N-dealkylation sites (N-methyl/N-ethyl adjacent to an activating group) is 1. The molecular formula is C12H20N4O2. The number of carbonyl (C=O) groups is 1. The maximum Gasteiger partial charge on any atom is 0.228 e. The molecule has 0 radical (unpaired) electrons. The summed E-state index contributed by atoms with van der Waals surface area (Å²) in [6.07, 6.45) is 4.17. The molecule has 1 aromatic rings. The van der Waals surface area contributed by atoms with E-state index >= 15 is 0 Å². The molecule has 18 heavy (non-hydrogen) atoms. The molecule has 1 aliphatic rings. The van der Waals surface area contributed by atoms with E-state index in [9.17, 15) is 9.90 Å². The Morgan fingerprint density at radius 2 is 2.44 bits per heavy atom. The van der Waals surface area contributed by atoms with Crippen LogP contribution in [-0.2, 0) is 11.2 Å². The summed E-state index contributed by atoms with van der Waals surface area (Å²) >= 11 is 0. The molecule has 100 valence electrons. The first-order valence-electron chi connectivity index (χ1n) is 6.11. The average molecular weight is 252 g/mol. The molecule has 1 aromatic heterocycles. The van der Waals surface area contributed by atoms with Crippen LogP contribution < -0.4 is 0 Å². The zero-order valence-corrected chi connectivity index (χ0v) is 10.9. The van der Waals surface area contributed by atoms with Crippen LogP contribution in [0.25, 0.3) is 0 Å². The van der Waals surface area contributed by atoms with E-state index in [0.29, 0.717) is 32.5 Å². The molecule has 0 bridgehead atoms. The van der Waals surface area contributed by atoms with Crippen LogP contribution in [0.15, 0.2) is 12.5 Å². The summed E-state index contributed by atoms with van der Waals surface area (Å²) in [5.74, 6) is 0.0360. The maximum absolute atomic E-state index is 12.0. The molecule has 1 atom stereocenters. The number of aliphatic hydroxyl groups is 1. The molecule has 1 amide bonds. The van der Waals surface area contributed by atoms with Crippen molar-refractivity contribution in [1.82, 2.24) is 19.8 Å². The van der Waals surface area contributed by atoms with Gasteiger partial charge in [0.25, 0.3) is 0 Å². The predicted molar refractivity (Wildman–Crippen MR) is 67.0 cm³/mol. The van der Waals surface area contributed by atoms with E-state index in [-0.39, 0.29) is 5.91 Å². The van der Waals surface area contributed by atoms with Crippen molar-refractivity contribution in [3.05, 3.63) is 18.2 Å². The first-order chi connectivity index (χ1) is 8.48. The number of amides is 1. The molecule has 0 unspecified atom stereocenters. The van der Waals surface area contributed by atoms with Gasteiger partial charge in [-0.05, 0) is 20.5 Å². The lowest BCUT2D eigenvalue weighted by Crippen LogP contribution is -2.43. The van der Waals surface area contributed by atoms with Gasteiger partial charge in [0.2, 0.25) is 5.91 Å². The Morgan fingerprint density at radius 1 is 1.67 bits per heavy atom. The van der Waals surface area contributed by atoms with Crippen LogP contribution in [-0.4, -0.2) is 70.1 Å². The molecule has 0 aliphatic carbocycles. The molecule has 2 heterocycles. The second-order valence-electron chi connectivity index (χ2n) is 5.28. The Morgan fingerprint density at radius 3 is 3.06 bits per heavy atom. The average Bonchev–Trinajstić information content (AvgIpc) is 2.87. The Labute approximate surface area is 107 Å². The van der Waals surface area contributed by atoms with Gasteiger partial charge in [-0.3, -0.25) is 4.79 Å². The fourth-order valence-electron chi connectivity index (χ4n) is 2.44. The van der Waals surface area contributed by atoms with Crippen molar-refractivity contribution < 1.29 is 9.90 Å². The third-order valence-electron chi connectivity index (χ3n) is 3.19. The Hall–Kier alpha value is -1.40. The molecule has 6 heteroatoms. The summed E-state index contributed by atoms with van der Waals surface area (Å²) in [6, 6.07) is 0. The lowest BCUT2D eigenvalue weighted by Gasteiger charge is -2.26. The zero-order valence-electron chi connectivity index (χ0n) is 10.9. The van der Waals surface area contributed by atoms with Crippen LogP contribution in [0.5, 0.6) is 0 Å². The van der Waals surface area contributed by atoms with E-state index in [0.717, 1.165) is 5.69 Å². The molecule has 2 N–H and O–H groups in total. The van der Waals surface area contributed by atoms with Gasteiger partial charge in [-0.2, -0.15) is 0 Å². The summed E-state index contributed by atoms with van der Waals surface area (Å²) in [6.45, 7) is 1.62. The van der Waals surface area contributed by atoms with Crippen LogP contribution in [0.3, 0.4) is 0 Å². The number of likely N-dealkylation sites (tertiary alicyclic amines) is 1. The van der Waals surface area contributed by atoms with Crippen LogP contribution in [0.4, 0.5) is 0 Å². The third-order valence-corrected chi connectivity index (χ3v) is 3.19. The number of aromatic nitrogens is 2. The fraction of sp³-hybridized carbons (Fsp3) is 0.667. The highest BCUT2D eigenvalue weighted by Gasteiger charge is 2.38. The summed E-state index contributed by atoms with van der Waals surface area (Å²) in [5.41, 5.74) is 0.0377. The Bertz CT molecular complexity index is 404. The van der Waals surface area contributed by atoms with E-state index < -0.39 is 5.60 Å². The number of nitrogens with zero attached hydrogens (tertiary/aromatic N) is 3. The monoisotopic (exact) mass is 252 g/mol. The molecule has 1 saturated heterocycles. The summed E-state index contributed by atoms with van der Waals surface area (Å²) in [4.78, 5) is 22.5. The van der Waals surface area contributed by atoms with E-state index in [1.54, 1.807) is 17.4 Å². The van der Waals surface area contributed by atoms with Gasteiger partial charge in [0.1, 0.15) is 0 Å². The van der Waals surface area contributed by atoms with E-state index in [1.807, 2.05) is 19.0 Å². The predicted octanol–water partition coefficient (Wildman–Crippen LogP) is -0.523. The number of rotatable bonds is 4. The molecule has 0 aromatic carbocycles. The molecule has 0 spiro atoms. The van der Waals surface area contributed by atoms with Crippen LogP contribution in [0.1, 0.15) is 12.1 Å². The van der Waals surface area contributed by atoms with E-state index in [2.05, 4.69) is 9.97 Å². The number of imidazole rings is 1. The first-order valence-corrected chi connectivity index (χ1v) is 6.11. The van der Waals surface area contributed by atoms with Crippen LogP contribution >= 0.6 is 0 Å². The van der Waals surface area contributed by atoms with Crippen LogP contribution in [0, 0.1) is 0 Å². The van der Waals surface area contributed by atoms with Gasteiger partial charge in [-0.15, -0.1) is 0 Å². The van der Waals surface area contributed by atoms with Crippen LogP contribution in [0.2, 0.25) is 0 Å². The zero-order chi connectivity index (χ0) is 13.2. The Kier molecular flexibility index (Phi) is 3.68. The van der Waals surface area contributed by atoms with Crippen molar-refractivity contribution >= 4 is 5.91 Å². The SMILES string of the molecule is CN(C)C[C@]1(O)CCN(C(=O)Cc2cnc[nH]2)C1. The van der Waals surface area contributed by atoms with Crippen molar-refractivity contribution in [2.45, 2.75) is 18.4 Å². The molecular weight excluding hydrogens is 232 g/mol. The summed E-state index contributed by atoms with van der Waals surface area (Å²) in [5, 5.41) is 10.4. The van der Waals surface area contributed by atoms with Gasteiger partial charge in [0.15, 0.2) is 0 Å². The van der Waals surface area contributed by atoms with Crippen molar-refractivity contribution in [3.8, 4) is 0 Å². The number of nitrogens with one attached hydrogen (secondary N) is 1. The minimum Gasteiger partial charge on any atom is -0.387 e. The van der Waals surface area contributed by atoms with Crippen molar-refractivity contribution in [3.63, 3.8) is 0 Å². The number of hydrogen-bond acceptors (Lipinski definition) is 4. The number of carbonyl (C=O) groups excluding carboxylic acids is 1. The largest absolute Gasteiger partial charge is 0.387 e. The highest BCUT2D eigenvalue weighted by Crippen LogP contribution is 2.22. The molecule has 6 nitrogen and oxygen atoms in total. The van der Waals surface area contributed by atoms with E-state index in [1.165, 1.54) is 0 Å². The lowest BCUT2D eigenvalue weighted by atomic mass is 10.0. The normalized spacial score (nSPS) is 23.9. The van der Waals surface area contributed by atoms with E-state index in [4.69, 9.17) is 0 Å². The fourth-order valence-corrected chi connectivity index (χ4v) is 2.44. The van der Waals surface area contributed by atoms with Gasteiger partial charge < -0.3 is 19.9 Å². The highest BCUT2D eigenvalue weighted by atomic mass is 16.3. The third kappa shape index (κ3) is 3.08. The lowest BCUT2D eigenvalue weighted by molar-refractivity contribution is -0.130. The van der Waals surface area contributed by atoms with Crippen molar-refractivity contribution in [1.29, 1.82) is 0 Å². The Balaban J connectivity index is 1.90. The maximum atomic E-state index is 12.0. The number of hydrogen-bond donors (Lipinski definition) is 2. The molecule has 1 aliphatic heterocycles. The second kappa shape index (κ2) is 5.07. The minimum absolute atomic E-state index is 0.0360. The standard InChI is InChI=1S/C12H20N4O2/c1-15(2)7-12(18)3-4-16(8-12)11(17)5-10-6-13-9-14-10/h6,9,18H,3-5,7-8H2,1-2H3,(H,13,14)/t12-/m1/s1. The summed E-state index contributed by atoms with van der Waals surface area (Å²) in [7, 11) is 3.85. The molecule has 0 saturated carbocycles. The second-order valence-corrected chi connectivity index (χ2v) is 5.28. The molecule has 1 fully saturated rings. The highest BCUT2D eigenvalue weighted by molar-refractivity contribution is 5.78. The quantitative estimate of drug-likeness (QED) is 0.756. The summed E-state index contributed by atoms with van der Waals surface area (Å²) < 4.78 is 0. The van der Waals surface area contributed by atoms with Gasteiger partial charge in [0.05, 0.1) is 24.9 Å². The number of β-amino-alcohol motifs (C(OH)–C–C–N with tert-alkyl or cyclic N) is 1. The minimum atomic E-state index is -0.771. The topological polar surface area (TPSA) is 72.5 Å². The van der Waals surface area contributed by atoms with Gasteiger partial charge in [0, 0.05) is 25.0 Å². The number of H-pyrrole nitrogens is 1. The smallest absolute Gasteiger partial charge is 0.228 e. The number of aromatic amines is 1. The molecule has 2 rings (SSSR count). The van der Waals surface area contributed by atoms with Gasteiger partial charge >= 0.3 is 0 Å². The van der Waals surface area contributed by atoms with Crippen molar-refractivity contribution in [2.75, 3.05) is 33.7 Å². The van der Waals surface area contributed by atoms with Crippen molar-refractivity contribution in [2.24, 2.45) is 0 Å². The first kappa shape index (κ1) is 13.0. The van der Waals surface area contributed by atoms with Gasteiger partial charge in [-0.1, -0.05) is 0 Å².